The van der Waals surface area contributed by atoms with Crippen molar-refractivity contribution in [1.29, 1.82) is 0 Å². The smallest absolute Gasteiger partial charge is 0.326 e. The third-order valence-electron chi connectivity index (χ3n) is 9.64. The lowest BCUT2D eigenvalue weighted by Gasteiger charge is -2.26. The molecule has 4 aromatic carbocycles. The molecule has 7 N–H and O–H groups in total. The number of aliphatic hydroxyl groups is 1. The van der Waals surface area contributed by atoms with Crippen molar-refractivity contribution < 1.29 is 39.0 Å². The Morgan fingerprint density at radius 2 is 1.12 bits per heavy atom. The van der Waals surface area contributed by atoms with Crippen LogP contribution in [0.15, 0.2) is 127 Å². The molecule has 2 aliphatic rings. The van der Waals surface area contributed by atoms with Crippen LogP contribution < -0.4 is 26.6 Å². The molecule has 0 spiro atoms. The Kier molecular flexibility index (Phi) is 13.8. The van der Waals surface area contributed by atoms with E-state index in [9.17, 15) is 39.0 Å². The molecule has 0 saturated carbocycles. The molecule has 1 aromatic heterocycles. The van der Waals surface area contributed by atoms with Crippen LogP contribution in [0.1, 0.15) is 28.0 Å². The van der Waals surface area contributed by atoms with Crippen LogP contribution in [-0.4, -0.2) is 76.0 Å². The average molecular weight is 802 g/mol. The van der Waals surface area contributed by atoms with Crippen LogP contribution in [0.4, 0.5) is 5.69 Å². The van der Waals surface area contributed by atoms with Crippen LogP contribution in [0.3, 0.4) is 0 Å². The van der Waals surface area contributed by atoms with Crippen molar-refractivity contribution in [3.05, 3.63) is 148 Å². The van der Waals surface area contributed by atoms with Crippen molar-refractivity contribution in [1.82, 2.24) is 21.3 Å². The van der Waals surface area contributed by atoms with E-state index < -0.39 is 72.2 Å². The van der Waals surface area contributed by atoms with E-state index in [0.29, 0.717) is 16.7 Å². The summed E-state index contributed by atoms with van der Waals surface area (Å²) in [7, 11) is 0. The van der Waals surface area contributed by atoms with Gasteiger partial charge in [-0.15, -0.1) is 11.3 Å². The van der Waals surface area contributed by atoms with Crippen LogP contribution in [0.25, 0.3) is 11.1 Å². The normalized spacial score (nSPS) is 21.1. The predicted octanol–water partition coefficient (Wildman–Crippen LogP) is 3.41. The van der Waals surface area contributed by atoms with Gasteiger partial charge in [-0.2, -0.15) is 0 Å². The Morgan fingerprint density at radius 1 is 0.569 bits per heavy atom. The summed E-state index contributed by atoms with van der Waals surface area (Å²) in [4.78, 5) is 81.9. The molecule has 298 valence electrons. The lowest BCUT2D eigenvalue weighted by Crippen LogP contribution is -2.59. The van der Waals surface area contributed by atoms with Crippen molar-refractivity contribution in [2.75, 3.05) is 5.32 Å². The van der Waals surface area contributed by atoms with Crippen molar-refractivity contribution in [2.24, 2.45) is 0 Å². The molecular weight excluding hydrogens is 759 g/mol. The molecule has 0 radical (unpaired) electrons. The number of carbonyl (C=O) groups is 6. The average Bonchev–Trinajstić information content (AvgIpc) is 3.74. The molecule has 13 nitrogen and oxygen atoms in total. The molecular formula is C44H43N5O8S. The van der Waals surface area contributed by atoms with E-state index in [1.807, 2.05) is 60.0 Å². The first-order valence-electron chi connectivity index (χ1n) is 18.7. The SMILES string of the molecule is O=C1CC(O)C(=O)Nc2ccc(cc2)CC(C(=O)O)NC(=O)C(Cc2ccccc2)NC(=O)C(Cc2ccc(-c3ccccc3)cc2)NC(=O)C(Cc2cccs2)N1. The zero-order valence-electron chi connectivity index (χ0n) is 31.3. The monoisotopic (exact) mass is 801 g/mol. The fraction of sp³-hybridized carbons (Fsp3) is 0.227. The summed E-state index contributed by atoms with van der Waals surface area (Å²) in [6.07, 6.45) is -2.54. The third kappa shape index (κ3) is 11.5. The minimum Gasteiger partial charge on any atom is -0.480 e. The van der Waals surface area contributed by atoms with E-state index >= 15 is 0 Å². The fourth-order valence-electron chi connectivity index (χ4n) is 6.53. The number of benzene rings is 4. The van der Waals surface area contributed by atoms with Gasteiger partial charge in [0.1, 0.15) is 30.3 Å². The molecule has 5 amide bonds. The van der Waals surface area contributed by atoms with Crippen molar-refractivity contribution in [3.8, 4) is 11.1 Å². The Bertz CT molecular complexity index is 2200. The van der Waals surface area contributed by atoms with E-state index in [1.165, 1.54) is 23.5 Å². The maximum absolute atomic E-state index is 14.4. The van der Waals surface area contributed by atoms with Gasteiger partial charge in [0, 0.05) is 36.2 Å². The van der Waals surface area contributed by atoms with Gasteiger partial charge >= 0.3 is 5.97 Å². The summed E-state index contributed by atoms with van der Waals surface area (Å²) < 4.78 is 0. The number of carboxylic acids is 1. The number of thiophene rings is 1. The van der Waals surface area contributed by atoms with Crippen LogP contribution in [0, 0.1) is 0 Å². The van der Waals surface area contributed by atoms with E-state index in [1.54, 1.807) is 54.6 Å². The highest BCUT2D eigenvalue weighted by Gasteiger charge is 2.33. The second-order valence-electron chi connectivity index (χ2n) is 14.0. The first-order chi connectivity index (χ1) is 28.0. The number of carboxylic acid groups (broad SMARTS) is 1. The largest absolute Gasteiger partial charge is 0.480 e. The molecule has 58 heavy (non-hydrogen) atoms. The lowest BCUT2D eigenvalue weighted by molar-refractivity contribution is -0.142. The summed E-state index contributed by atoms with van der Waals surface area (Å²) in [6.45, 7) is 0. The summed E-state index contributed by atoms with van der Waals surface area (Å²) in [5, 5.41) is 35.9. The standard InChI is InChI=1S/C44H43N5O8S/c50-38-26-39(51)46-36(25-33-12-7-21-58-33)42(54)48-35(23-28-13-17-31(18-14-28)30-10-5-2-6-11-30)40(52)47-34(22-27-8-3-1-4-9-27)41(53)49-37(44(56)57)24-29-15-19-32(20-16-29)45-43(38)55/h1-21,34-38,50H,22-26H2,(H,45,55)(H,46,51)(H,47,52)(H,48,54)(H,49,53)(H,56,57). The van der Waals surface area contributed by atoms with Gasteiger partial charge in [0.15, 0.2) is 0 Å². The summed E-state index contributed by atoms with van der Waals surface area (Å²) in [6, 6.07) is 30.6. The Labute approximate surface area is 338 Å². The molecule has 2 bridgehead atoms. The number of amides is 5. The minimum absolute atomic E-state index is 0.00493. The number of nitrogens with one attached hydrogen (secondary N) is 5. The van der Waals surface area contributed by atoms with Gasteiger partial charge in [-0.1, -0.05) is 103 Å². The van der Waals surface area contributed by atoms with Gasteiger partial charge in [0.2, 0.25) is 23.6 Å². The first-order valence-corrected chi connectivity index (χ1v) is 19.6. The molecule has 5 atom stereocenters. The molecule has 0 aliphatic carbocycles. The number of aliphatic carboxylic acids is 1. The minimum atomic E-state index is -1.77. The maximum Gasteiger partial charge on any atom is 0.326 e. The third-order valence-corrected chi connectivity index (χ3v) is 10.5. The van der Waals surface area contributed by atoms with E-state index in [0.717, 1.165) is 16.0 Å². The highest BCUT2D eigenvalue weighted by molar-refractivity contribution is 7.09. The van der Waals surface area contributed by atoms with Gasteiger partial charge < -0.3 is 36.8 Å². The Balaban J connectivity index is 1.35. The molecule has 7 rings (SSSR count). The van der Waals surface area contributed by atoms with Gasteiger partial charge in [-0.05, 0) is 51.4 Å². The molecule has 0 fully saturated rings. The van der Waals surface area contributed by atoms with Crippen molar-refractivity contribution >= 4 is 52.5 Å². The molecule has 5 unspecified atom stereocenters. The fourth-order valence-corrected chi connectivity index (χ4v) is 7.28. The van der Waals surface area contributed by atoms with Crippen molar-refractivity contribution in [2.45, 2.75) is 62.4 Å². The van der Waals surface area contributed by atoms with E-state index in [-0.39, 0.29) is 31.4 Å². The van der Waals surface area contributed by atoms with E-state index in [2.05, 4.69) is 26.6 Å². The Morgan fingerprint density at radius 3 is 1.71 bits per heavy atom. The number of carbonyl (C=O) groups excluding carboxylic acids is 5. The topological polar surface area (TPSA) is 203 Å². The highest BCUT2D eigenvalue weighted by atomic mass is 32.1. The Hall–Kier alpha value is -6.64. The highest BCUT2D eigenvalue weighted by Crippen LogP contribution is 2.21. The zero-order valence-corrected chi connectivity index (χ0v) is 32.1. The number of rotatable bonds is 8. The maximum atomic E-state index is 14.4. The lowest BCUT2D eigenvalue weighted by atomic mass is 9.99. The molecule has 5 aromatic rings. The van der Waals surface area contributed by atoms with Crippen LogP contribution in [0.2, 0.25) is 0 Å². The van der Waals surface area contributed by atoms with Gasteiger partial charge in [-0.25, -0.2) is 4.79 Å². The van der Waals surface area contributed by atoms with Crippen LogP contribution in [-0.2, 0) is 54.5 Å². The van der Waals surface area contributed by atoms with Gasteiger partial charge in [0.05, 0.1) is 6.42 Å². The van der Waals surface area contributed by atoms with Crippen LogP contribution in [0.5, 0.6) is 0 Å². The number of hydrogen-bond acceptors (Lipinski definition) is 8. The number of aliphatic hydroxyl groups excluding tert-OH is 1. The van der Waals surface area contributed by atoms with E-state index in [4.69, 9.17) is 0 Å². The molecule has 0 saturated heterocycles. The quantitative estimate of drug-likeness (QED) is 0.116. The van der Waals surface area contributed by atoms with Crippen molar-refractivity contribution in [3.63, 3.8) is 0 Å². The second kappa shape index (κ2) is 19.5. The first kappa shape index (κ1) is 41.0. The van der Waals surface area contributed by atoms with Gasteiger partial charge in [-0.3, -0.25) is 24.0 Å². The number of hydrogen-bond donors (Lipinski definition) is 7. The molecule has 3 heterocycles. The predicted molar refractivity (Wildman–Crippen MR) is 219 cm³/mol. The van der Waals surface area contributed by atoms with Gasteiger partial charge in [0.25, 0.3) is 5.91 Å². The summed E-state index contributed by atoms with van der Waals surface area (Å²) >= 11 is 1.36. The number of fused-ring (bicyclic) bond motifs is 18. The number of anilines is 1. The molecule has 14 heteroatoms. The second-order valence-corrected chi connectivity index (χ2v) is 15.0. The summed E-state index contributed by atoms with van der Waals surface area (Å²) in [5.74, 6) is -5.16. The zero-order chi connectivity index (χ0) is 41.0. The summed E-state index contributed by atoms with van der Waals surface area (Å²) in [5.41, 5.74) is 4.08. The van der Waals surface area contributed by atoms with Crippen LogP contribution >= 0.6 is 11.3 Å². The molecule has 2 aliphatic heterocycles.